The highest BCUT2D eigenvalue weighted by molar-refractivity contribution is 14.1. The van der Waals surface area contributed by atoms with Gasteiger partial charge in [-0.2, -0.15) is 0 Å². The minimum absolute atomic E-state index is 1.11. The summed E-state index contributed by atoms with van der Waals surface area (Å²) >= 11 is 2.34. The molecule has 0 saturated carbocycles. The predicted octanol–water partition coefficient (Wildman–Crippen LogP) is 7.68. The fourth-order valence-electron chi connectivity index (χ4n) is 3.21. The molecule has 0 amide bonds. The summed E-state index contributed by atoms with van der Waals surface area (Å²) in [7, 11) is 0. The zero-order chi connectivity index (χ0) is 18.6. The first-order valence-electron chi connectivity index (χ1n) is 8.98. The number of para-hydroxylation sites is 1. The first kappa shape index (κ1) is 17.8. The summed E-state index contributed by atoms with van der Waals surface area (Å²) < 4.78 is 1.25. The van der Waals surface area contributed by atoms with Crippen LogP contribution in [0.3, 0.4) is 0 Å². The molecule has 0 atom stereocenters. The summed E-state index contributed by atoms with van der Waals surface area (Å²) in [4.78, 5) is 0. The van der Waals surface area contributed by atoms with E-state index in [0.717, 1.165) is 11.4 Å². The van der Waals surface area contributed by atoms with E-state index in [4.69, 9.17) is 0 Å². The molecule has 0 aromatic heterocycles. The van der Waals surface area contributed by atoms with Gasteiger partial charge >= 0.3 is 0 Å². The first-order valence-corrected chi connectivity index (χ1v) is 10.1. The molecule has 0 aliphatic carbocycles. The Morgan fingerprint density at radius 1 is 0.630 bits per heavy atom. The molecule has 0 aliphatic rings. The Morgan fingerprint density at radius 3 is 1.96 bits per heavy atom. The lowest BCUT2D eigenvalue weighted by Crippen LogP contribution is -1.93. The Labute approximate surface area is 174 Å². The van der Waals surface area contributed by atoms with Crippen LogP contribution in [0, 0.1) is 10.5 Å². The molecule has 1 N–H and O–H groups in total. The average Bonchev–Trinajstić information content (AvgIpc) is 2.69. The molecule has 4 rings (SSSR count). The smallest absolute Gasteiger partial charge is 0.0463 e. The van der Waals surface area contributed by atoms with Crippen LogP contribution < -0.4 is 5.32 Å². The highest BCUT2D eigenvalue weighted by atomic mass is 127. The number of halogens is 1. The maximum absolute atomic E-state index is 3.56. The molecule has 2 heteroatoms. The molecule has 0 aliphatic heterocycles. The normalized spacial score (nSPS) is 10.6. The third kappa shape index (κ3) is 4.22. The van der Waals surface area contributed by atoms with Crippen LogP contribution in [0.2, 0.25) is 0 Å². The number of anilines is 2. The van der Waals surface area contributed by atoms with Gasteiger partial charge in [-0.1, -0.05) is 66.7 Å². The van der Waals surface area contributed by atoms with Crippen LogP contribution in [-0.4, -0.2) is 0 Å². The SMILES string of the molecule is Cc1cccc(Nc2ccccc2-c2ccc(-c3ccc(I)cc3)cc2)c1. The van der Waals surface area contributed by atoms with Crippen LogP contribution in [0.15, 0.2) is 97.1 Å². The fourth-order valence-corrected chi connectivity index (χ4v) is 3.57. The lowest BCUT2D eigenvalue weighted by molar-refractivity contribution is 1.45. The fraction of sp³-hybridized carbons (Fsp3) is 0.0400. The number of hydrogen-bond acceptors (Lipinski definition) is 1. The predicted molar refractivity (Wildman–Crippen MR) is 124 cm³/mol. The van der Waals surface area contributed by atoms with Crippen molar-refractivity contribution in [1.82, 2.24) is 0 Å². The number of aryl methyl sites for hydroxylation is 1. The number of rotatable bonds is 4. The van der Waals surface area contributed by atoms with E-state index in [0.29, 0.717) is 0 Å². The Bertz CT molecular complexity index is 1050. The third-order valence-corrected chi connectivity index (χ3v) is 5.32. The van der Waals surface area contributed by atoms with Gasteiger partial charge in [-0.05, 0) is 82.1 Å². The zero-order valence-corrected chi connectivity index (χ0v) is 17.3. The highest BCUT2D eigenvalue weighted by Gasteiger charge is 2.06. The van der Waals surface area contributed by atoms with E-state index in [2.05, 4.69) is 132 Å². The lowest BCUT2D eigenvalue weighted by Gasteiger charge is -2.13. The third-order valence-electron chi connectivity index (χ3n) is 4.60. The minimum atomic E-state index is 1.11. The molecule has 27 heavy (non-hydrogen) atoms. The second-order valence-electron chi connectivity index (χ2n) is 6.62. The Kier molecular flexibility index (Phi) is 5.26. The minimum Gasteiger partial charge on any atom is -0.355 e. The molecule has 0 heterocycles. The molecule has 0 bridgehead atoms. The molecule has 0 unspecified atom stereocenters. The Morgan fingerprint density at radius 2 is 1.26 bits per heavy atom. The van der Waals surface area contributed by atoms with E-state index in [-0.39, 0.29) is 0 Å². The van der Waals surface area contributed by atoms with Gasteiger partial charge in [-0.15, -0.1) is 0 Å². The monoisotopic (exact) mass is 461 g/mol. The topological polar surface area (TPSA) is 12.0 Å². The van der Waals surface area contributed by atoms with Crippen LogP contribution in [0.5, 0.6) is 0 Å². The molecular weight excluding hydrogens is 441 g/mol. The van der Waals surface area contributed by atoms with Gasteiger partial charge in [-0.25, -0.2) is 0 Å². The molecule has 1 nitrogen and oxygen atoms in total. The van der Waals surface area contributed by atoms with Crippen LogP contribution >= 0.6 is 22.6 Å². The second kappa shape index (κ2) is 7.97. The summed E-state index contributed by atoms with van der Waals surface area (Å²) in [5, 5.41) is 3.56. The summed E-state index contributed by atoms with van der Waals surface area (Å²) in [5.74, 6) is 0. The quantitative estimate of drug-likeness (QED) is 0.308. The molecule has 0 radical (unpaired) electrons. The van der Waals surface area contributed by atoms with Crippen molar-refractivity contribution in [1.29, 1.82) is 0 Å². The van der Waals surface area contributed by atoms with E-state index in [1.807, 2.05) is 0 Å². The van der Waals surface area contributed by atoms with Crippen LogP contribution in [0.4, 0.5) is 11.4 Å². The van der Waals surface area contributed by atoms with Crippen molar-refractivity contribution in [2.24, 2.45) is 0 Å². The largest absolute Gasteiger partial charge is 0.355 e. The van der Waals surface area contributed by atoms with Crippen molar-refractivity contribution < 1.29 is 0 Å². The van der Waals surface area contributed by atoms with E-state index in [9.17, 15) is 0 Å². The maximum Gasteiger partial charge on any atom is 0.0463 e. The molecule has 132 valence electrons. The Balaban J connectivity index is 1.64. The second-order valence-corrected chi connectivity index (χ2v) is 7.87. The van der Waals surface area contributed by atoms with E-state index >= 15 is 0 Å². The van der Waals surface area contributed by atoms with Crippen molar-refractivity contribution in [3.8, 4) is 22.3 Å². The zero-order valence-electron chi connectivity index (χ0n) is 15.1. The van der Waals surface area contributed by atoms with Crippen molar-refractivity contribution in [3.63, 3.8) is 0 Å². The van der Waals surface area contributed by atoms with Gasteiger partial charge in [0.05, 0.1) is 0 Å². The molecule has 4 aromatic carbocycles. The van der Waals surface area contributed by atoms with Crippen molar-refractivity contribution >= 4 is 34.0 Å². The summed E-state index contributed by atoms with van der Waals surface area (Å²) in [6.45, 7) is 2.11. The summed E-state index contributed by atoms with van der Waals surface area (Å²) in [6, 6.07) is 34.3. The van der Waals surface area contributed by atoms with Crippen molar-refractivity contribution in [3.05, 3.63) is 106 Å². The molecule has 4 aromatic rings. The van der Waals surface area contributed by atoms with Crippen molar-refractivity contribution in [2.75, 3.05) is 5.32 Å². The summed E-state index contributed by atoms with van der Waals surface area (Å²) in [6.07, 6.45) is 0. The van der Waals surface area contributed by atoms with Crippen molar-refractivity contribution in [2.45, 2.75) is 6.92 Å². The summed E-state index contributed by atoms with van der Waals surface area (Å²) in [5.41, 5.74) is 8.36. The number of benzene rings is 4. The number of nitrogens with one attached hydrogen (secondary N) is 1. The van der Waals surface area contributed by atoms with Gasteiger partial charge in [-0.3, -0.25) is 0 Å². The van der Waals surface area contributed by atoms with Gasteiger partial charge < -0.3 is 5.32 Å². The van der Waals surface area contributed by atoms with Gasteiger partial charge in [0.15, 0.2) is 0 Å². The number of hydrogen-bond donors (Lipinski definition) is 1. The molecule has 0 saturated heterocycles. The van der Waals surface area contributed by atoms with Gasteiger partial charge in [0.1, 0.15) is 0 Å². The van der Waals surface area contributed by atoms with Crippen LogP contribution in [-0.2, 0) is 0 Å². The first-order chi connectivity index (χ1) is 13.2. The highest BCUT2D eigenvalue weighted by Crippen LogP contribution is 2.32. The maximum atomic E-state index is 3.56. The van der Waals surface area contributed by atoms with E-state index < -0.39 is 0 Å². The molecule has 0 spiro atoms. The lowest BCUT2D eigenvalue weighted by atomic mass is 9.99. The van der Waals surface area contributed by atoms with E-state index in [1.54, 1.807) is 0 Å². The molecule has 0 fully saturated rings. The molecular formula is C25H20IN. The average molecular weight is 461 g/mol. The Hall–Kier alpha value is -2.59. The standard InChI is InChI=1S/C25H20IN/c1-18-5-4-6-23(17-18)27-25-8-3-2-7-24(25)21-11-9-19(10-12-21)20-13-15-22(26)16-14-20/h2-17,27H,1H3. The van der Waals surface area contributed by atoms with Gasteiger partial charge in [0.25, 0.3) is 0 Å². The van der Waals surface area contributed by atoms with Crippen LogP contribution in [0.25, 0.3) is 22.3 Å². The van der Waals surface area contributed by atoms with E-state index in [1.165, 1.54) is 31.4 Å². The van der Waals surface area contributed by atoms with Crippen LogP contribution in [0.1, 0.15) is 5.56 Å². The van der Waals surface area contributed by atoms with Gasteiger partial charge in [0, 0.05) is 20.5 Å². The van der Waals surface area contributed by atoms with Gasteiger partial charge in [0.2, 0.25) is 0 Å².